The second-order valence-corrected chi connectivity index (χ2v) is 8.89. The Balaban J connectivity index is 1.82. The van der Waals surface area contributed by atoms with Crippen molar-refractivity contribution in [2.45, 2.75) is 19.9 Å². The van der Waals surface area contributed by atoms with Crippen molar-refractivity contribution in [3.8, 4) is 11.5 Å². The topological polar surface area (TPSA) is 79.3 Å². The number of likely N-dealkylation sites (N-methyl/N-ethyl adjacent to an activating group) is 1. The van der Waals surface area contributed by atoms with E-state index in [0.29, 0.717) is 59.0 Å². The predicted molar refractivity (Wildman–Crippen MR) is 131 cm³/mol. The van der Waals surface area contributed by atoms with E-state index < -0.39 is 17.7 Å². The molecule has 1 N–H and O–H groups in total. The van der Waals surface area contributed by atoms with Crippen LogP contribution in [-0.2, 0) is 9.59 Å². The molecule has 0 aliphatic carbocycles. The average Bonchev–Trinajstić information content (AvgIpc) is 3.08. The van der Waals surface area contributed by atoms with Gasteiger partial charge in [-0.05, 0) is 49.0 Å². The number of ketones is 1. The van der Waals surface area contributed by atoms with E-state index in [2.05, 4.69) is 4.90 Å². The van der Waals surface area contributed by atoms with Gasteiger partial charge in [-0.25, -0.2) is 0 Å². The Hall–Kier alpha value is -2.74. The number of benzene rings is 2. The van der Waals surface area contributed by atoms with Crippen LogP contribution in [0.5, 0.6) is 11.5 Å². The lowest BCUT2D eigenvalue weighted by Crippen LogP contribution is -2.38. The van der Waals surface area contributed by atoms with Gasteiger partial charge < -0.3 is 24.4 Å². The van der Waals surface area contributed by atoms with Gasteiger partial charge in [-0.1, -0.05) is 43.1 Å². The Bertz CT molecular complexity index is 1150. The molecule has 1 atom stereocenters. The molecule has 1 fully saturated rings. The van der Waals surface area contributed by atoms with Crippen molar-refractivity contribution in [2.24, 2.45) is 0 Å². The zero-order valence-corrected chi connectivity index (χ0v) is 20.5. The molecule has 0 aromatic heterocycles. The van der Waals surface area contributed by atoms with E-state index in [1.807, 2.05) is 13.8 Å². The molecule has 2 aromatic carbocycles. The fourth-order valence-corrected chi connectivity index (χ4v) is 4.80. The molecule has 2 aromatic rings. The molecular formula is C25H26Cl2N2O5. The van der Waals surface area contributed by atoms with E-state index in [1.54, 1.807) is 36.4 Å². The van der Waals surface area contributed by atoms with Gasteiger partial charge in [0.2, 0.25) is 0 Å². The fourth-order valence-electron chi connectivity index (χ4n) is 4.29. The maximum absolute atomic E-state index is 13.2. The van der Waals surface area contributed by atoms with Crippen molar-refractivity contribution in [2.75, 3.05) is 39.4 Å². The smallest absolute Gasteiger partial charge is 0.295 e. The van der Waals surface area contributed by atoms with Crippen molar-refractivity contribution in [3.05, 3.63) is 63.1 Å². The number of carbonyl (C=O) groups excluding carboxylic acids is 2. The third-order valence-corrected chi connectivity index (χ3v) is 6.73. The number of nitrogens with zero attached hydrogens (tertiary/aromatic N) is 2. The highest BCUT2D eigenvalue weighted by atomic mass is 35.5. The van der Waals surface area contributed by atoms with Gasteiger partial charge in [0.05, 0.1) is 11.6 Å². The molecule has 180 valence electrons. The quantitative estimate of drug-likeness (QED) is 0.339. The summed E-state index contributed by atoms with van der Waals surface area (Å²) in [6.07, 6.45) is 0. The highest BCUT2D eigenvalue weighted by Crippen LogP contribution is 2.43. The highest BCUT2D eigenvalue weighted by molar-refractivity contribution is 6.47. The Morgan fingerprint density at radius 1 is 1.06 bits per heavy atom. The number of carbonyl (C=O) groups is 2. The number of ether oxygens (including phenoxy) is 2. The van der Waals surface area contributed by atoms with Gasteiger partial charge in [0, 0.05) is 28.7 Å². The van der Waals surface area contributed by atoms with E-state index in [9.17, 15) is 14.7 Å². The normalized spacial score (nSPS) is 19.2. The van der Waals surface area contributed by atoms with Crippen LogP contribution in [0.4, 0.5) is 0 Å². The molecule has 0 radical (unpaired) electrons. The number of hydrogen-bond donors (Lipinski definition) is 1. The molecule has 2 heterocycles. The number of likely N-dealkylation sites (tertiary alicyclic amines) is 1. The Kier molecular flexibility index (Phi) is 7.36. The van der Waals surface area contributed by atoms with E-state index in [4.69, 9.17) is 32.7 Å². The van der Waals surface area contributed by atoms with Crippen LogP contribution in [0, 0.1) is 0 Å². The van der Waals surface area contributed by atoms with E-state index in [0.717, 1.165) is 13.1 Å². The minimum Gasteiger partial charge on any atom is -0.507 e. The number of amides is 1. The Morgan fingerprint density at radius 3 is 2.44 bits per heavy atom. The summed E-state index contributed by atoms with van der Waals surface area (Å²) in [6, 6.07) is 8.95. The maximum Gasteiger partial charge on any atom is 0.295 e. The van der Waals surface area contributed by atoms with Gasteiger partial charge in [0.15, 0.2) is 11.5 Å². The van der Waals surface area contributed by atoms with Gasteiger partial charge in [-0.3, -0.25) is 9.59 Å². The first-order chi connectivity index (χ1) is 16.3. The van der Waals surface area contributed by atoms with Crippen LogP contribution in [0.1, 0.15) is 31.0 Å². The summed E-state index contributed by atoms with van der Waals surface area (Å²) in [7, 11) is 0. The zero-order chi connectivity index (χ0) is 24.4. The van der Waals surface area contributed by atoms with Gasteiger partial charge in [-0.2, -0.15) is 0 Å². The first-order valence-corrected chi connectivity index (χ1v) is 12.0. The lowest BCUT2D eigenvalue weighted by Gasteiger charge is -2.28. The summed E-state index contributed by atoms with van der Waals surface area (Å²) in [5, 5.41) is 12.0. The molecule has 9 heteroatoms. The number of rotatable bonds is 7. The van der Waals surface area contributed by atoms with Crippen molar-refractivity contribution in [3.63, 3.8) is 0 Å². The van der Waals surface area contributed by atoms with Crippen LogP contribution in [0.3, 0.4) is 0 Å². The molecule has 0 bridgehead atoms. The summed E-state index contributed by atoms with van der Waals surface area (Å²) >= 11 is 12.6. The van der Waals surface area contributed by atoms with Crippen LogP contribution in [-0.4, -0.2) is 66.0 Å². The third kappa shape index (κ3) is 4.60. The second kappa shape index (κ2) is 10.3. The Labute approximate surface area is 208 Å². The highest BCUT2D eigenvalue weighted by Gasteiger charge is 2.46. The molecule has 2 aliphatic heterocycles. The van der Waals surface area contributed by atoms with E-state index in [1.165, 1.54) is 4.90 Å². The first kappa shape index (κ1) is 24.4. The van der Waals surface area contributed by atoms with Gasteiger partial charge in [0.25, 0.3) is 11.7 Å². The SMILES string of the molecule is CCN(CC)CCN1C(=O)C(=O)/C(=C(/O)c2ccc3c(c2)OCCO3)C1c1ccc(Cl)cc1Cl. The molecular weight excluding hydrogens is 479 g/mol. The summed E-state index contributed by atoms with van der Waals surface area (Å²) in [6.45, 7) is 7.38. The predicted octanol–water partition coefficient (Wildman–Crippen LogP) is 4.53. The first-order valence-electron chi connectivity index (χ1n) is 11.2. The van der Waals surface area contributed by atoms with Crippen molar-refractivity contribution in [1.29, 1.82) is 0 Å². The number of aliphatic hydroxyl groups excluding tert-OH is 1. The lowest BCUT2D eigenvalue weighted by atomic mass is 9.95. The number of aliphatic hydroxyl groups is 1. The van der Waals surface area contributed by atoms with Crippen LogP contribution in [0.2, 0.25) is 10.0 Å². The average molecular weight is 505 g/mol. The fraction of sp³-hybridized carbons (Fsp3) is 0.360. The molecule has 1 unspecified atom stereocenters. The van der Waals surface area contributed by atoms with Crippen molar-refractivity contribution < 1.29 is 24.2 Å². The monoisotopic (exact) mass is 504 g/mol. The van der Waals surface area contributed by atoms with Crippen LogP contribution in [0.15, 0.2) is 42.0 Å². The molecule has 2 aliphatic rings. The minimum absolute atomic E-state index is 0.0227. The number of fused-ring (bicyclic) bond motifs is 1. The summed E-state index contributed by atoms with van der Waals surface area (Å²) in [5.41, 5.74) is 0.843. The number of hydrogen-bond acceptors (Lipinski definition) is 6. The van der Waals surface area contributed by atoms with Crippen molar-refractivity contribution in [1.82, 2.24) is 9.80 Å². The Morgan fingerprint density at radius 2 is 1.76 bits per heavy atom. The summed E-state index contributed by atoms with van der Waals surface area (Å²) in [5.74, 6) is -0.714. The third-order valence-electron chi connectivity index (χ3n) is 6.16. The van der Waals surface area contributed by atoms with E-state index in [-0.39, 0.29) is 11.3 Å². The second-order valence-electron chi connectivity index (χ2n) is 8.04. The maximum atomic E-state index is 13.2. The molecule has 7 nitrogen and oxygen atoms in total. The van der Waals surface area contributed by atoms with Crippen LogP contribution >= 0.6 is 23.2 Å². The van der Waals surface area contributed by atoms with Gasteiger partial charge in [0.1, 0.15) is 19.0 Å². The lowest BCUT2D eigenvalue weighted by molar-refractivity contribution is -0.140. The summed E-state index contributed by atoms with van der Waals surface area (Å²) in [4.78, 5) is 30.0. The molecule has 1 saturated heterocycles. The molecule has 1 amide bonds. The van der Waals surface area contributed by atoms with Crippen LogP contribution < -0.4 is 9.47 Å². The van der Waals surface area contributed by atoms with Gasteiger partial charge in [-0.15, -0.1) is 0 Å². The van der Waals surface area contributed by atoms with Crippen LogP contribution in [0.25, 0.3) is 5.76 Å². The molecule has 0 saturated carbocycles. The minimum atomic E-state index is -0.853. The zero-order valence-electron chi connectivity index (χ0n) is 19.0. The largest absolute Gasteiger partial charge is 0.507 e. The van der Waals surface area contributed by atoms with Crippen molar-refractivity contribution >= 4 is 40.7 Å². The number of Topliss-reactive ketones (excluding diaryl/α,β-unsaturated/α-hetero) is 1. The molecule has 0 spiro atoms. The van der Waals surface area contributed by atoms with E-state index >= 15 is 0 Å². The standard InChI is InChI=1S/C25H26Cl2N2O5/c1-3-28(4-2)9-10-29-22(17-7-6-16(26)14-18(17)27)21(24(31)25(29)32)23(30)15-5-8-19-20(13-15)34-12-11-33-19/h5-8,13-14,22,30H,3-4,9-12H2,1-2H3/b23-21+. The molecule has 4 rings (SSSR count). The summed E-state index contributed by atoms with van der Waals surface area (Å²) < 4.78 is 11.2. The van der Waals surface area contributed by atoms with Gasteiger partial charge >= 0.3 is 0 Å². The number of halogens is 2. The molecule has 34 heavy (non-hydrogen) atoms.